The third-order valence-electron chi connectivity index (χ3n) is 3.09. The Labute approximate surface area is 108 Å². The summed E-state index contributed by atoms with van der Waals surface area (Å²) in [6, 6.07) is 3.51. The molecule has 1 saturated carbocycles. The van der Waals surface area contributed by atoms with Crippen LogP contribution < -0.4 is 10.0 Å². The summed E-state index contributed by atoms with van der Waals surface area (Å²) in [6.45, 7) is 4.70. The fourth-order valence-electron chi connectivity index (χ4n) is 2.20. The zero-order valence-electron chi connectivity index (χ0n) is 10.7. The van der Waals surface area contributed by atoms with E-state index in [9.17, 15) is 8.42 Å². The van der Waals surface area contributed by atoms with Crippen molar-refractivity contribution in [3.63, 3.8) is 0 Å². The molecule has 18 heavy (non-hydrogen) atoms. The van der Waals surface area contributed by atoms with Crippen LogP contribution >= 0.6 is 0 Å². The van der Waals surface area contributed by atoms with E-state index in [1.807, 2.05) is 6.92 Å². The first-order valence-corrected chi connectivity index (χ1v) is 7.72. The van der Waals surface area contributed by atoms with Gasteiger partial charge in [-0.25, -0.2) is 18.1 Å². The van der Waals surface area contributed by atoms with Crippen molar-refractivity contribution in [3.8, 4) is 0 Å². The van der Waals surface area contributed by atoms with Gasteiger partial charge in [-0.3, -0.25) is 0 Å². The molecule has 0 atom stereocenters. The van der Waals surface area contributed by atoms with Gasteiger partial charge >= 0.3 is 0 Å². The summed E-state index contributed by atoms with van der Waals surface area (Å²) in [5.74, 6) is 0.606. The lowest BCUT2D eigenvalue weighted by Crippen LogP contribution is -2.43. The summed E-state index contributed by atoms with van der Waals surface area (Å²) in [4.78, 5) is 3.99. The second-order valence-corrected chi connectivity index (χ2v) is 6.41. The van der Waals surface area contributed by atoms with Crippen molar-refractivity contribution in [2.75, 3.05) is 11.9 Å². The predicted molar refractivity (Wildman–Crippen MR) is 70.9 cm³/mol. The first-order valence-electron chi connectivity index (χ1n) is 6.24. The number of nitrogens with one attached hydrogen (secondary N) is 2. The SMILES string of the molecule is CCNc1cccnc1S(=O)(=O)NC1CC(C)C1. The average Bonchev–Trinajstić information content (AvgIpc) is 2.28. The Morgan fingerprint density at radius 2 is 2.17 bits per heavy atom. The van der Waals surface area contributed by atoms with Gasteiger partial charge in [-0.15, -0.1) is 0 Å². The first-order chi connectivity index (χ1) is 8.53. The molecule has 0 spiro atoms. The zero-order chi connectivity index (χ0) is 13.2. The lowest BCUT2D eigenvalue weighted by molar-refractivity contribution is 0.270. The molecule has 0 bridgehead atoms. The summed E-state index contributed by atoms with van der Waals surface area (Å²) in [5.41, 5.74) is 0.555. The number of anilines is 1. The molecule has 6 heteroatoms. The fourth-order valence-corrected chi connectivity index (χ4v) is 3.58. The van der Waals surface area contributed by atoms with E-state index < -0.39 is 10.0 Å². The number of nitrogens with zero attached hydrogens (tertiary/aromatic N) is 1. The van der Waals surface area contributed by atoms with Gasteiger partial charge in [0.05, 0.1) is 5.69 Å². The van der Waals surface area contributed by atoms with Gasteiger partial charge in [-0.05, 0) is 37.8 Å². The van der Waals surface area contributed by atoms with Crippen LogP contribution in [0.1, 0.15) is 26.7 Å². The van der Waals surface area contributed by atoms with Gasteiger partial charge in [0.25, 0.3) is 10.0 Å². The molecule has 0 amide bonds. The van der Waals surface area contributed by atoms with Crippen molar-refractivity contribution in [3.05, 3.63) is 18.3 Å². The van der Waals surface area contributed by atoms with Gasteiger partial charge in [0, 0.05) is 18.8 Å². The third-order valence-corrected chi connectivity index (χ3v) is 4.57. The second kappa shape index (κ2) is 5.24. The molecule has 1 aromatic heterocycles. The highest BCUT2D eigenvalue weighted by molar-refractivity contribution is 7.89. The zero-order valence-corrected chi connectivity index (χ0v) is 11.5. The predicted octanol–water partition coefficient (Wildman–Crippen LogP) is 1.59. The molecule has 2 N–H and O–H groups in total. The van der Waals surface area contributed by atoms with Crippen molar-refractivity contribution >= 4 is 15.7 Å². The quantitative estimate of drug-likeness (QED) is 0.851. The normalized spacial score (nSPS) is 23.4. The van der Waals surface area contributed by atoms with Crippen LogP contribution in [0.25, 0.3) is 0 Å². The van der Waals surface area contributed by atoms with Crippen LogP contribution in [0.15, 0.2) is 23.4 Å². The van der Waals surface area contributed by atoms with E-state index >= 15 is 0 Å². The molecule has 1 aliphatic carbocycles. The van der Waals surface area contributed by atoms with Gasteiger partial charge in [0.2, 0.25) is 0 Å². The van der Waals surface area contributed by atoms with Gasteiger partial charge < -0.3 is 5.32 Å². The van der Waals surface area contributed by atoms with Crippen LogP contribution in [0.5, 0.6) is 0 Å². The first kappa shape index (κ1) is 13.3. The molecule has 100 valence electrons. The maximum atomic E-state index is 12.2. The Morgan fingerprint density at radius 3 is 2.78 bits per heavy atom. The van der Waals surface area contributed by atoms with Crippen LogP contribution in [-0.2, 0) is 10.0 Å². The van der Waals surface area contributed by atoms with Crippen LogP contribution in [0.4, 0.5) is 5.69 Å². The number of hydrogen-bond donors (Lipinski definition) is 2. The van der Waals surface area contributed by atoms with E-state index in [4.69, 9.17) is 0 Å². The summed E-state index contributed by atoms with van der Waals surface area (Å²) in [6.07, 6.45) is 3.31. The van der Waals surface area contributed by atoms with Gasteiger partial charge in [-0.2, -0.15) is 0 Å². The maximum Gasteiger partial charge on any atom is 0.260 e. The molecule has 5 nitrogen and oxygen atoms in total. The van der Waals surface area contributed by atoms with Gasteiger partial charge in [0.1, 0.15) is 0 Å². The van der Waals surface area contributed by atoms with Crippen molar-refractivity contribution in [1.29, 1.82) is 0 Å². The highest BCUT2D eigenvalue weighted by Crippen LogP contribution is 2.28. The van der Waals surface area contributed by atoms with E-state index in [2.05, 4.69) is 21.9 Å². The van der Waals surface area contributed by atoms with Gasteiger partial charge in [0.15, 0.2) is 5.03 Å². The monoisotopic (exact) mass is 269 g/mol. The van der Waals surface area contributed by atoms with E-state index in [1.54, 1.807) is 12.1 Å². The molecular weight excluding hydrogens is 250 g/mol. The highest BCUT2D eigenvalue weighted by Gasteiger charge is 2.31. The number of hydrogen-bond acceptors (Lipinski definition) is 4. The summed E-state index contributed by atoms with van der Waals surface area (Å²) in [5, 5.41) is 3.11. The van der Waals surface area contributed by atoms with Crippen LogP contribution in [0.3, 0.4) is 0 Å². The van der Waals surface area contributed by atoms with Crippen molar-refractivity contribution in [2.45, 2.75) is 37.8 Å². The summed E-state index contributed by atoms with van der Waals surface area (Å²) >= 11 is 0. The molecule has 1 aliphatic rings. The Hall–Kier alpha value is -1.14. The molecule has 1 aromatic rings. The molecule has 0 aromatic carbocycles. The van der Waals surface area contributed by atoms with Crippen LogP contribution in [0.2, 0.25) is 0 Å². The molecule has 1 heterocycles. The molecule has 0 unspecified atom stereocenters. The second-order valence-electron chi connectivity index (χ2n) is 4.78. The minimum atomic E-state index is -3.52. The summed E-state index contributed by atoms with van der Waals surface area (Å²) in [7, 11) is -3.52. The number of aromatic nitrogens is 1. The Morgan fingerprint density at radius 1 is 1.44 bits per heavy atom. The Kier molecular flexibility index (Phi) is 3.87. The molecular formula is C12H19N3O2S. The maximum absolute atomic E-state index is 12.2. The Bertz CT molecular complexity index is 510. The minimum Gasteiger partial charge on any atom is -0.383 e. The van der Waals surface area contributed by atoms with Crippen LogP contribution in [0, 0.1) is 5.92 Å². The molecule has 2 rings (SSSR count). The molecule has 0 aliphatic heterocycles. The largest absolute Gasteiger partial charge is 0.383 e. The highest BCUT2D eigenvalue weighted by atomic mass is 32.2. The molecule has 0 saturated heterocycles. The Balaban J connectivity index is 2.18. The van der Waals surface area contributed by atoms with E-state index in [1.165, 1.54) is 6.20 Å². The van der Waals surface area contributed by atoms with Crippen molar-refractivity contribution in [1.82, 2.24) is 9.71 Å². The van der Waals surface area contributed by atoms with Crippen molar-refractivity contribution < 1.29 is 8.42 Å². The minimum absolute atomic E-state index is 0.0569. The fraction of sp³-hybridized carbons (Fsp3) is 0.583. The topological polar surface area (TPSA) is 71.1 Å². The summed E-state index contributed by atoms with van der Waals surface area (Å²) < 4.78 is 27.2. The number of pyridine rings is 1. The molecule has 0 radical (unpaired) electrons. The third kappa shape index (κ3) is 2.81. The van der Waals surface area contributed by atoms with Gasteiger partial charge in [-0.1, -0.05) is 6.92 Å². The lowest BCUT2D eigenvalue weighted by Gasteiger charge is -2.32. The van der Waals surface area contributed by atoms with Crippen molar-refractivity contribution in [2.24, 2.45) is 5.92 Å². The molecule has 1 fully saturated rings. The van der Waals surface area contributed by atoms with E-state index in [0.717, 1.165) is 12.8 Å². The van der Waals surface area contributed by atoms with E-state index in [-0.39, 0.29) is 11.1 Å². The lowest BCUT2D eigenvalue weighted by atomic mass is 9.83. The number of sulfonamides is 1. The van der Waals surface area contributed by atoms with E-state index in [0.29, 0.717) is 18.2 Å². The average molecular weight is 269 g/mol. The number of rotatable bonds is 5. The smallest absolute Gasteiger partial charge is 0.260 e. The standard InChI is InChI=1S/C12H19N3O2S/c1-3-13-11-5-4-6-14-12(11)18(16,17)15-10-7-9(2)8-10/h4-6,9-10,13,15H,3,7-8H2,1-2H3. The van der Waals surface area contributed by atoms with Crippen LogP contribution in [-0.4, -0.2) is 26.0 Å².